The SMILES string of the molecule is CCCCCN(C)c1ccc(F)cc1CC(C)N. The van der Waals surface area contributed by atoms with Crippen molar-refractivity contribution in [2.75, 3.05) is 18.5 Å². The summed E-state index contributed by atoms with van der Waals surface area (Å²) < 4.78 is 13.3. The van der Waals surface area contributed by atoms with Gasteiger partial charge in [0.05, 0.1) is 0 Å². The summed E-state index contributed by atoms with van der Waals surface area (Å²) in [7, 11) is 2.06. The van der Waals surface area contributed by atoms with Gasteiger partial charge in [-0.15, -0.1) is 0 Å². The molecule has 1 unspecified atom stereocenters. The van der Waals surface area contributed by atoms with Gasteiger partial charge in [0, 0.05) is 25.3 Å². The lowest BCUT2D eigenvalue weighted by Gasteiger charge is -2.23. The van der Waals surface area contributed by atoms with Crippen LogP contribution in [0.3, 0.4) is 0 Å². The average molecular weight is 252 g/mol. The zero-order chi connectivity index (χ0) is 13.5. The molecule has 1 aromatic rings. The minimum atomic E-state index is -0.184. The van der Waals surface area contributed by atoms with Gasteiger partial charge in [0.15, 0.2) is 0 Å². The summed E-state index contributed by atoms with van der Waals surface area (Å²) in [5.41, 5.74) is 7.93. The van der Waals surface area contributed by atoms with Crippen molar-refractivity contribution in [2.45, 2.75) is 45.6 Å². The number of nitrogens with two attached hydrogens (primary N) is 1. The quantitative estimate of drug-likeness (QED) is 0.754. The number of halogens is 1. The maximum absolute atomic E-state index is 13.3. The number of rotatable bonds is 7. The topological polar surface area (TPSA) is 29.3 Å². The third-order valence-electron chi connectivity index (χ3n) is 3.09. The van der Waals surface area contributed by atoms with Crippen molar-refractivity contribution in [1.82, 2.24) is 0 Å². The highest BCUT2D eigenvalue weighted by molar-refractivity contribution is 5.53. The molecule has 2 nitrogen and oxygen atoms in total. The molecule has 2 N–H and O–H groups in total. The van der Waals surface area contributed by atoms with Gasteiger partial charge in [-0.1, -0.05) is 19.8 Å². The molecule has 0 aliphatic rings. The Kier molecular flexibility index (Phi) is 6.13. The molecule has 0 saturated carbocycles. The monoisotopic (exact) mass is 252 g/mol. The van der Waals surface area contributed by atoms with E-state index in [1.54, 1.807) is 6.07 Å². The molecular weight excluding hydrogens is 227 g/mol. The van der Waals surface area contributed by atoms with E-state index in [4.69, 9.17) is 5.73 Å². The number of anilines is 1. The minimum Gasteiger partial charge on any atom is -0.374 e. The summed E-state index contributed by atoms with van der Waals surface area (Å²) in [5, 5.41) is 0. The van der Waals surface area contributed by atoms with Crippen LogP contribution in [0, 0.1) is 5.82 Å². The average Bonchev–Trinajstić information content (AvgIpc) is 2.28. The van der Waals surface area contributed by atoms with Crippen molar-refractivity contribution in [3.63, 3.8) is 0 Å². The van der Waals surface area contributed by atoms with Crippen molar-refractivity contribution in [3.05, 3.63) is 29.6 Å². The second-order valence-electron chi connectivity index (χ2n) is 5.08. The second-order valence-corrected chi connectivity index (χ2v) is 5.08. The van der Waals surface area contributed by atoms with E-state index < -0.39 is 0 Å². The first-order valence-corrected chi connectivity index (χ1v) is 6.79. The number of hydrogen-bond acceptors (Lipinski definition) is 2. The van der Waals surface area contributed by atoms with Gasteiger partial charge < -0.3 is 10.6 Å². The summed E-state index contributed by atoms with van der Waals surface area (Å²) in [6, 6.07) is 5.04. The molecular formula is C15H25FN2. The number of nitrogens with zero attached hydrogens (tertiary/aromatic N) is 1. The Morgan fingerprint density at radius 3 is 2.67 bits per heavy atom. The van der Waals surface area contributed by atoms with E-state index in [1.165, 1.54) is 25.3 Å². The zero-order valence-corrected chi connectivity index (χ0v) is 11.7. The van der Waals surface area contributed by atoms with Crippen LogP contribution in [-0.2, 0) is 6.42 Å². The molecule has 1 atom stereocenters. The standard InChI is InChI=1S/C15H25FN2/c1-4-5-6-9-18(3)15-8-7-14(16)11-13(15)10-12(2)17/h7-8,11-12H,4-6,9-10,17H2,1-3H3. The van der Waals surface area contributed by atoms with Gasteiger partial charge >= 0.3 is 0 Å². The third kappa shape index (κ3) is 4.65. The van der Waals surface area contributed by atoms with Crippen molar-refractivity contribution in [2.24, 2.45) is 5.73 Å². The smallest absolute Gasteiger partial charge is 0.123 e. The van der Waals surface area contributed by atoms with E-state index in [9.17, 15) is 4.39 Å². The first-order valence-electron chi connectivity index (χ1n) is 6.79. The third-order valence-corrected chi connectivity index (χ3v) is 3.09. The van der Waals surface area contributed by atoms with Crippen LogP contribution in [-0.4, -0.2) is 19.6 Å². The molecule has 1 aromatic carbocycles. The highest BCUT2D eigenvalue weighted by atomic mass is 19.1. The molecule has 102 valence electrons. The zero-order valence-electron chi connectivity index (χ0n) is 11.7. The van der Waals surface area contributed by atoms with Gasteiger partial charge in [-0.05, 0) is 43.5 Å². The van der Waals surface area contributed by atoms with Crippen molar-refractivity contribution < 1.29 is 4.39 Å². The number of unbranched alkanes of at least 4 members (excludes halogenated alkanes) is 2. The van der Waals surface area contributed by atoms with Gasteiger partial charge in [-0.25, -0.2) is 4.39 Å². The number of hydrogen-bond donors (Lipinski definition) is 1. The molecule has 0 amide bonds. The normalized spacial score (nSPS) is 12.5. The maximum Gasteiger partial charge on any atom is 0.123 e. The molecule has 3 heteroatoms. The second kappa shape index (κ2) is 7.37. The van der Waals surface area contributed by atoms with E-state index in [2.05, 4.69) is 18.9 Å². The van der Waals surface area contributed by atoms with Crippen LogP contribution in [0.5, 0.6) is 0 Å². The van der Waals surface area contributed by atoms with Crippen molar-refractivity contribution >= 4 is 5.69 Å². The maximum atomic E-state index is 13.3. The Balaban J connectivity index is 2.78. The van der Waals surface area contributed by atoms with E-state index in [-0.39, 0.29) is 11.9 Å². The first-order chi connectivity index (χ1) is 8.54. The summed E-state index contributed by atoms with van der Waals surface area (Å²) in [5.74, 6) is -0.184. The molecule has 0 radical (unpaired) electrons. The molecule has 0 spiro atoms. The van der Waals surface area contributed by atoms with Crippen LogP contribution in [0.2, 0.25) is 0 Å². The van der Waals surface area contributed by atoms with Crippen LogP contribution in [0.1, 0.15) is 38.7 Å². The predicted molar refractivity (Wildman–Crippen MR) is 76.5 cm³/mol. The molecule has 0 aliphatic heterocycles. The number of benzene rings is 1. The van der Waals surface area contributed by atoms with E-state index >= 15 is 0 Å². The van der Waals surface area contributed by atoms with E-state index in [0.29, 0.717) is 6.42 Å². The Morgan fingerprint density at radius 2 is 2.06 bits per heavy atom. The lowest BCUT2D eigenvalue weighted by atomic mass is 10.0. The highest BCUT2D eigenvalue weighted by Gasteiger charge is 2.10. The molecule has 18 heavy (non-hydrogen) atoms. The van der Waals surface area contributed by atoms with Gasteiger partial charge in [0.25, 0.3) is 0 Å². The summed E-state index contributed by atoms with van der Waals surface area (Å²) in [6.07, 6.45) is 4.32. The molecule has 0 aromatic heterocycles. The van der Waals surface area contributed by atoms with Gasteiger partial charge in [0.1, 0.15) is 5.82 Å². The fourth-order valence-corrected chi connectivity index (χ4v) is 2.16. The van der Waals surface area contributed by atoms with E-state index in [1.807, 2.05) is 13.0 Å². The van der Waals surface area contributed by atoms with Crippen LogP contribution in [0.25, 0.3) is 0 Å². The first kappa shape index (κ1) is 15.0. The molecule has 0 heterocycles. The van der Waals surface area contributed by atoms with Crippen molar-refractivity contribution in [3.8, 4) is 0 Å². The van der Waals surface area contributed by atoms with E-state index in [0.717, 1.165) is 17.8 Å². The summed E-state index contributed by atoms with van der Waals surface area (Å²) in [4.78, 5) is 2.20. The van der Waals surface area contributed by atoms with Crippen molar-refractivity contribution in [1.29, 1.82) is 0 Å². The molecule has 0 saturated heterocycles. The lowest BCUT2D eigenvalue weighted by molar-refractivity contribution is 0.621. The summed E-state index contributed by atoms with van der Waals surface area (Å²) >= 11 is 0. The van der Waals surface area contributed by atoms with Crippen LogP contribution in [0.15, 0.2) is 18.2 Å². The Hall–Kier alpha value is -1.09. The lowest BCUT2D eigenvalue weighted by Crippen LogP contribution is -2.23. The molecule has 0 fully saturated rings. The van der Waals surface area contributed by atoms with Crippen LogP contribution < -0.4 is 10.6 Å². The highest BCUT2D eigenvalue weighted by Crippen LogP contribution is 2.22. The molecule has 0 bridgehead atoms. The predicted octanol–water partition coefficient (Wildman–Crippen LogP) is 3.34. The van der Waals surface area contributed by atoms with Gasteiger partial charge in [-0.3, -0.25) is 0 Å². The Bertz CT molecular complexity index is 364. The largest absolute Gasteiger partial charge is 0.374 e. The minimum absolute atomic E-state index is 0.0505. The van der Waals surface area contributed by atoms with Gasteiger partial charge in [0.2, 0.25) is 0 Å². The van der Waals surface area contributed by atoms with Crippen LogP contribution >= 0.6 is 0 Å². The summed E-state index contributed by atoms with van der Waals surface area (Å²) in [6.45, 7) is 5.15. The molecule has 1 rings (SSSR count). The molecule has 0 aliphatic carbocycles. The Morgan fingerprint density at radius 1 is 1.33 bits per heavy atom. The fraction of sp³-hybridized carbons (Fsp3) is 0.600. The Labute approximate surface area is 110 Å². The fourth-order valence-electron chi connectivity index (χ4n) is 2.16. The van der Waals surface area contributed by atoms with Crippen LogP contribution in [0.4, 0.5) is 10.1 Å². The van der Waals surface area contributed by atoms with Gasteiger partial charge in [-0.2, -0.15) is 0 Å².